The van der Waals surface area contributed by atoms with Gasteiger partial charge in [0.15, 0.2) is 0 Å². The first-order valence-electron chi connectivity index (χ1n) is 6.81. The van der Waals surface area contributed by atoms with Gasteiger partial charge in [-0.1, -0.05) is 6.42 Å². The van der Waals surface area contributed by atoms with E-state index >= 15 is 0 Å². The summed E-state index contributed by atoms with van der Waals surface area (Å²) < 4.78 is 26.6. The molecular weight excluding hydrogens is 280 g/mol. The van der Waals surface area contributed by atoms with Crippen LogP contribution in [0.4, 0.5) is 0 Å². The Bertz CT molecular complexity index is 256. The maximum absolute atomic E-state index is 9.82. The van der Waals surface area contributed by atoms with Crippen LogP contribution in [0.1, 0.15) is 33.1 Å². The van der Waals surface area contributed by atoms with Crippen molar-refractivity contribution in [3.05, 3.63) is 0 Å². The van der Waals surface area contributed by atoms with Crippen LogP contribution in [0.15, 0.2) is 0 Å². The summed E-state index contributed by atoms with van der Waals surface area (Å²) in [5.74, 6) is -0.211. The smallest absolute Gasteiger partial charge is 0.399 e. The molecule has 0 amide bonds. The lowest BCUT2D eigenvalue weighted by molar-refractivity contribution is -0.183. The van der Waals surface area contributed by atoms with Crippen molar-refractivity contribution in [2.45, 2.75) is 44.6 Å². The summed E-state index contributed by atoms with van der Waals surface area (Å²) in [4.78, 5) is 9.82. The van der Waals surface area contributed by atoms with Gasteiger partial charge in [-0.05, 0) is 19.4 Å². The molecule has 0 N–H and O–H groups in total. The first-order valence-corrected chi connectivity index (χ1v) is 8.83. The number of esters is 1. The van der Waals surface area contributed by atoms with E-state index in [1.807, 2.05) is 0 Å². The molecule has 120 valence electrons. The molecular formula is C13H28O6Si. The van der Waals surface area contributed by atoms with E-state index in [2.05, 4.69) is 4.74 Å². The molecule has 0 unspecified atom stereocenters. The zero-order chi connectivity index (χ0) is 15.6. The summed E-state index contributed by atoms with van der Waals surface area (Å²) in [5.41, 5.74) is -0.630. The van der Waals surface area contributed by atoms with E-state index in [9.17, 15) is 4.79 Å². The van der Waals surface area contributed by atoms with Crippen molar-refractivity contribution in [1.29, 1.82) is 0 Å². The van der Waals surface area contributed by atoms with Crippen LogP contribution < -0.4 is 0 Å². The van der Waals surface area contributed by atoms with E-state index in [1.165, 1.54) is 6.92 Å². The molecule has 7 heteroatoms. The van der Waals surface area contributed by atoms with Gasteiger partial charge in [-0.15, -0.1) is 0 Å². The molecule has 1 fully saturated rings. The lowest BCUT2D eigenvalue weighted by Crippen LogP contribution is -2.65. The van der Waals surface area contributed by atoms with Gasteiger partial charge in [-0.2, -0.15) is 0 Å². The Morgan fingerprint density at radius 1 is 1.10 bits per heavy atom. The molecule has 0 radical (unpaired) electrons. The second-order valence-electron chi connectivity index (χ2n) is 4.45. The number of methoxy groups -OCH3 is 2. The second-order valence-corrected chi connectivity index (χ2v) is 8.04. The average Bonchev–Trinajstić information content (AvgIpc) is 2.47. The average molecular weight is 308 g/mol. The van der Waals surface area contributed by atoms with E-state index in [0.29, 0.717) is 6.61 Å². The largest absolute Gasteiger partial charge is 0.466 e. The third-order valence-corrected chi connectivity index (χ3v) is 7.66. The summed E-state index contributed by atoms with van der Waals surface area (Å²) in [6, 6.07) is 0.932. The summed E-state index contributed by atoms with van der Waals surface area (Å²) >= 11 is 0. The standard InChI is InChI=1S/C9H20O4Si.C4H8O2/c1-10-9(11-2)7-5-6-8-14(9,12-3)13-4;1-3-6-4(2)5/h5-8H2,1-4H3;3H2,1-2H3. The van der Waals surface area contributed by atoms with Gasteiger partial charge in [0.1, 0.15) is 0 Å². The molecule has 0 aromatic carbocycles. The molecule has 0 bridgehead atoms. The van der Waals surface area contributed by atoms with Crippen molar-refractivity contribution in [2.24, 2.45) is 0 Å². The van der Waals surface area contributed by atoms with Crippen molar-refractivity contribution in [3.8, 4) is 0 Å². The van der Waals surface area contributed by atoms with Gasteiger partial charge in [0.2, 0.25) is 5.41 Å². The fourth-order valence-electron chi connectivity index (χ4n) is 2.50. The monoisotopic (exact) mass is 308 g/mol. The first kappa shape index (κ1) is 19.5. The molecule has 0 aliphatic carbocycles. The predicted octanol–water partition coefficient (Wildman–Crippen LogP) is 2.00. The van der Waals surface area contributed by atoms with Crippen molar-refractivity contribution in [2.75, 3.05) is 35.0 Å². The minimum Gasteiger partial charge on any atom is -0.466 e. The molecule has 1 heterocycles. The molecule has 0 aromatic rings. The normalized spacial score (nSPS) is 19.7. The Labute approximate surface area is 122 Å². The Balaban J connectivity index is 0.000000511. The number of ether oxygens (including phenoxy) is 3. The van der Waals surface area contributed by atoms with E-state index in [1.54, 1.807) is 35.4 Å². The molecule has 1 rings (SSSR count). The van der Waals surface area contributed by atoms with Gasteiger partial charge < -0.3 is 23.1 Å². The van der Waals surface area contributed by atoms with Gasteiger partial charge in [0.05, 0.1) is 6.61 Å². The van der Waals surface area contributed by atoms with E-state index in [4.69, 9.17) is 18.3 Å². The zero-order valence-electron chi connectivity index (χ0n) is 13.5. The van der Waals surface area contributed by atoms with E-state index in [-0.39, 0.29) is 5.97 Å². The van der Waals surface area contributed by atoms with Gasteiger partial charge in [-0.25, -0.2) is 0 Å². The van der Waals surface area contributed by atoms with Crippen LogP contribution in [-0.2, 0) is 27.9 Å². The summed E-state index contributed by atoms with van der Waals surface area (Å²) in [6.45, 7) is 3.65. The molecule has 0 aromatic heterocycles. The van der Waals surface area contributed by atoms with Crippen LogP contribution in [0.3, 0.4) is 0 Å². The summed E-state index contributed by atoms with van der Waals surface area (Å²) in [7, 11) is 4.34. The molecule has 1 saturated heterocycles. The number of hydrogen-bond acceptors (Lipinski definition) is 6. The minimum absolute atomic E-state index is 0.211. The van der Waals surface area contributed by atoms with Crippen LogP contribution >= 0.6 is 0 Å². The van der Waals surface area contributed by atoms with Crippen LogP contribution in [0, 0.1) is 0 Å². The summed E-state index contributed by atoms with van der Waals surface area (Å²) in [6.07, 6.45) is 3.08. The highest BCUT2D eigenvalue weighted by atomic mass is 28.4. The molecule has 0 spiro atoms. The molecule has 0 atom stereocenters. The molecule has 20 heavy (non-hydrogen) atoms. The molecule has 1 aliphatic heterocycles. The Kier molecular flexibility index (Phi) is 9.24. The molecule has 0 saturated carbocycles. The van der Waals surface area contributed by atoms with Crippen molar-refractivity contribution < 1.29 is 27.9 Å². The van der Waals surface area contributed by atoms with Crippen LogP contribution in [0.25, 0.3) is 0 Å². The number of rotatable bonds is 5. The highest BCUT2D eigenvalue weighted by molar-refractivity contribution is 6.70. The predicted molar refractivity (Wildman–Crippen MR) is 77.5 cm³/mol. The number of hydrogen-bond donors (Lipinski definition) is 0. The van der Waals surface area contributed by atoms with E-state index < -0.39 is 14.0 Å². The maximum atomic E-state index is 9.82. The highest BCUT2D eigenvalue weighted by Gasteiger charge is 2.60. The fraction of sp³-hybridized carbons (Fsp3) is 0.923. The fourth-order valence-corrected chi connectivity index (χ4v) is 5.97. The Morgan fingerprint density at radius 2 is 1.65 bits per heavy atom. The van der Waals surface area contributed by atoms with Crippen LogP contribution in [0.5, 0.6) is 0 Å². The topological polar surface area (TPSA) is 63.2 Å². The number of carbonyl (C=O) groups is 1. The van der Waals surface area contributed by atoms with Crippen LogP contribution in [-0.4, -0.2) is 55.0 Å². The maximum Gasteiger partial charge on any atom is 0.399 e. The van der Waals surface area contributed by atoms with Gasteiger partial charge in [0, 0.05) is 41.8 Å². The lowest BCUT2D eigenvalue weighted by atomic mass is 10.2. The van der Waals surface area contributed by atoms with E-state index in [0.717, 1.165) is 25.3 Å². The Morgan fingerprint density at radius 3 is 1.90 bits per heavy atom. The quantitative estimate of drug-likeness (QED) is 0.440. The lowest BCUT2D eigenvalue weighted by Gasteiger charge is -2.46. The zero-order valence-corrected chi connectivity index (χ0v) is 14.5. The highest BCUT2D eigenvalue weighted by Crippen LogP contribution is 2.40. The minimum atomic E-state index is -2.35. The third-order valence-electron chi connectivity index (χ3n) is 3.51. The van der Waals surface area contributed by atoms with Crippen molar-refractivity contribution >= 4 is 14.5 Å². The first-order chi connectivity index (χ1) is 9.47. The third kappa shape index (κ3) is 4.52. The number of carbonyl (C=O) groups excluding carboxylic acids is 1. The van der Waals surface area contributed by atoms with Crippen molar-refractivity contribution in [3.63, 3.8) is 0 Å². The summed E-state index contributed by atoms with van der Waals surface area (Å²) in [5, 5.41) is 0. The van der Waals surface area contributed by atoms with Crippen LogP contribution in [0.2, 0.25) is 6.04 Å². The Hall–Kier alpha value is -0.473. The van der Waals surface area contributed by atoms with Gasteiger partial charge >= 0.3 is 14.5 Å². The molecule has 6 nitrogen and oxygen atoms in total. The molecule has 1 aliphatic rings. The van der Waals surface area contributed by atoms with Crippen molar-refractivity contribution in [1.82, 2.24) is 0 Å². The van der Waals surface area contributed by atoms with Gasteiger partial charge in [0.25, 0.3) is 0 Å². The van der Waals surface area contributed by atoms with Gasteiger partial charge in [-0.3, -0.25) is 4.79 Å². The SMILES string of the molecule is CCOC(C)=O.COC1(OC)CCCC[Si]1(OC)OC. The second kappa shape index (κ2) is 9.46.